The van der Waals surface area contributed by atoms with Crippen LogP contribution in [-0.4, -0.2) is 30.4 Å². The van der Waals surface area contributed by atoms with Crippen LogP contribution in [0.5, 0.6) is 0 Å². The molecule has 2 amide bonds. The van der Waals surface area contributed by atoms with E-state index in [1.807, 2.05) is 141 Å². The van der Waals surface area contributed by atoms with Crippen molar-refractivity contribution >= 4 is 24.0 Å². The minimum atomic E-state index is -0.421. The van der Waals surface area contributed by atoms with E-state index in [0.717, 1.165) is 30.0 Å². The first kappa shape index (κ1) is 58.3. The number of rotatable bonds is 13. The quantitative estimate of drug-likeness (QED) is 0.119. The van der Waals surface area contributed by atoms with Gasteiger partial charge in [0.15, 0.2) is 0 Å². The summed E-state index contributed by atoms with van der Waals surface area (Å²) in [6.07, 6.45) is 5.83. The summed E-state index contributed by atoms with van der Waals surface area (Å²) in [6, 6.07) is 28.8. The van der Waals surface area contributed by atoms with Crippen molar-refractivity contribution in [1.82, 2.24) is 5.32 Å². The molecule has 4 N–H and O–H groups in total. The number of hydrogen-bond donors (Lipinski definition) is 3. The average molecular weight is 740 g/mol. The van der Waals surface area contributed by atoms with E-state index < -0.39 is 6.04 Å². The normalized spacial score (nSPS) is 10.0. The van der Waals surface area contributed by atoms with E-state index in [0.29, 0.717) is 25.4 Å². The Hall–Kier alpha value is -3.97. The lowest BCUT2D eigenvalue weighted by molar-refractivity contribution is -0.142. The SMILES string of the molecule is CC.CC.CC.CC.CC(=O)OCc1ccccc1.CC(C)CC(C)NC(=O)[C@@H](N)CCc1ccccc1.CCC(C)CC.O=CNc1ccccc1. The summed E-state index contributed by atoms with van der Waals surface area (Å²) in [5, 5.41) is 5.51. The predicted molar refractivity (Wildman–Crippen MR) is 233 cm³/mol. The molecule has 0 aliphatic rings. The first-order chi connectivity index (χ1) is 25.5. The van der Waals surface area contributed by atoms with Gasteiger partial charge in [0.2, 0.25) is 12.3 Å². The van der Waals surface area contributed by atoms with Gasteiger partial charge in [-0.1, -0.05) is 182 Å². The minimum absolute atomic E-state index is 0.0379. The van der Waals surface area contributed by atoms with Gasteiger partial charge < -0.3 is 21.1 Å². The van der Waals surface area contributed by atoms with Gasteiger partial charge in [-0.25, -0.2) is 0 Å². The number of ether oxygens (including phenoxy) is 1. The molecule has 1 unspecified atom stereocenters. The van der Waals surface area contributed by atoms with E-state index in [1.165, 1.54) is 25.3 Å². The number of amides is 2. The van der Waals surface area contributed by atoms with Crippen LogP contribution in [0.25, 0.3) is 0 Å². The molecule has 0 aliphatic carbocycles. The number of anilines is 1. The highest BCUT2D eigenvalue weighted by atomic mass is 16.5. The number of nitrogens with one attached hydrogen (secondary N) is 2. The first-order valence-corrected chi connectivity index (χ1v) is 20.0. The van der Waals surface area contributed by atoms with Crippen molar-refractivity contribution in [3.63, 3.8) is 0 Å². The van der Waals surface area contributed by atoms with Gasteiger partial charge in [0.1, 0.15) is 6.61 Å². The van der Waals surface area contributed by atoms with E-state index in [1.54, 1.807) is 0 Å². The standard InChI is InChI=1S/C16H26N2O.C9H10O2.C7H7NO.C6H14.4C2H6/c1-12(2)11-13(3)18-16(19)15(17)10-9-14-7-5-4-6-8-14;1-8(10)11-7-9-5-3-2-4-6-9;9-6-8-7-4-2-1-3-5-7;1-4-6(3)5-2;4*1-2/h4-8,12-13,15H,9-11,17H2,1-3H3,(H,18,19);2-6H,7H2,1H3;1-6H,(H,8,9);6H,4-5H2,1-3H3;4*1-2H3/t13?,15-;;;;;;;/m0......./s1. The molecule has 0 spiro atoms. The summed E-state index contributed by atoms with van der Waals surface area (Å²) in [4.78, 5) is 32.2. The number of nitrogens with two attached hydrogens (primary N) is 1. The van der Waals surface area contributed by atoms with Gasteiger partial charge in [-0.3, -0.25) is 14.4 Å². The molecule has 304 valence electrons. The van der Waals surface area contributed by atoms with Crippen LogP contribution in [0.15, 0.2) is 91.0 Å². The predicted octanol–water partition coefficient (Wildman–Crippen LogP) is 12.0. The van der Waals surface area contributed by atoms with Crippen LogP contribution >= 0.6 is 0 Å². The Bertz CT molecular complexity index is 1140. The molecule has 0 radical (unpaired) electrons. The maximum absolute atomic E-state index is 11.9. The van der Waals surface area contributed by atoms with Crippen molar-refractivity contribution < 1.29 is 19.1 Å². The van der Waals surface area contributed by atoms with Crippen LogP contribution < -0.4 is 16.4 Å². The van der Waals surface area contributed by atoms with Gasteiger partial charge in [0.05, 0.1) is 6.04 Å². The van der Waals surface area contributed by atoms with Crippen molar-refractivity contribution in [1.29, 1.82) is 0 Å². The van der Waals surface area contributed by atoms with E-state index >= 15 is 0 Å². The number of carbonyl (C=O) groups is 3. The van der Waals surface area contributed by atoms with Gasteiger partial charge >= 0.3 is 5.97 Å². The lowest BCUT2D eigenvalue weighted by Gasteiger charge is -2.19. The second-order valence-corrected chi connectivity index (χ2v) is 11.5. The Morgan fingerprint density at radius 3 is 1.47 bits per heavy atom. The van der Waals surface area contributed by atoms with Crippen molar-refractivity contribution in [3.05, 3.63) is 102 Å². The number of hydrogen-bond acceptors (Lipinski definition) is 5. The summed E-state index contributed by atoms with van der Waals surface area (Å²) in [6.45, 7) is 30.8. The first-order valence-electron chi connectivity index (χ1n) is 20.0. The van der Waals surface area contributed by atoms with Crippen molar-refractivity contribution in [2.24, 2.45) is 17.6 Å². The highest BCUT2D eigenvalue weighted by Gasteiger charge is 2.16. The number of carbonyl (C=O) groups excluding carboxylic acids is 3. The second-order valence-electron chi connectivity index (χ2n) is 11.5. The van der Waals surface area contributed by atoms with Crippen LogP contribution in [0.1, 0.15) is 141 Å². The molecule has 7 nitrogen and oxygen atoms in total. The Morgan fingerprint density at radius 2 is 1.11 bits per heavy atom. The lowest BCUT2D eigenvalue weighted by Crippen LogP contribution is -2.45. The smallest absolute Gasteiger partial charge is 0.302 e. The highest BCUT2D eigenvalue weighted by Crippen LogP contribution is 2.07. The summed E-state index contributed by atoms with van der Waals surface area (Å²) in [7, 11) is 0. The summed E-state index contributed by atoms with van der Waals surface area (Å²) in [5.41, 5.74) is 9.00. The fourth-order valence-corrected chi connectivity index (χ4v) is 3.86. The summed E-state index contributed by atoms with van der Waals surface area (Å²) < 4.78 is 4.79. The molecule has 3 aromatic carbocycles. The van der Waals surface area contributed by atoms with Crippen molar-refractivity contribution in [2.45, 2.75) is 155 Å². The van der Waals surface area contributed by atoms with Crippen LogP contribution in [0.4, 0.5) is 5.69 Å². The number of para-hydroxylation sites is 1. The second kappa shape index (κ2) is 46.1. The van der Waals surface area contributed by atoms with Gasteiger partial charge in [0, 0.05) is 18.7 Å². The fraction of sp³-hybridized carbons (Fsp3) is 0.543. The molecule has 0 saturated heterocycles. The molecule has 0 saturated carbocycles. The molecule has 0 heterocycles. The molecular formula is C46H81N3O4. The van der Waals surface area contributed by atoms with Gasteiger partial charge in [-0.15, -0.1) is 0 Å². The molecule has 2 atom stereocenters. The van der Waals surface area contributed by atoms with Crippen LogP contribution in [0, 0.1) is 11.8 Å². The highest BCUT2D eigenvalue weighted by molar-refractivity contribution is 5.81. The Balaban J connectivity index is -0.000000194. The molecule has 53 heavy (non-hydrogen) atoms. The third-order valence-corrected chi connectivity index (χ3v) is 6.82. The van der Waals surface area contributed by atoms with E-state index in [2.05, 4.69) is 57.4 Å². The Kier molecular flexibility index (Phi) is 50.7. The fourth-order valence-electron chi connectivity index (χ4n) is 3.86. The Morgan fingerprint density at radius 1 is 0.698 bits per heavy atom. The molecule has 0 aliphatic heterocycles. The number of benzene rings is 3. The zero-order valence-electron chi connectivity index (χ0n) is 36.5. The zero-order chi connectivity index (χ0) is 41.9. The van der Waals surface area contributed by atoms with Gasteiger partial charge in [-0.2, -0.15) is 0 Å². The monoisotopic (exact) mass is 740 g/mol. The molecule has 0 aromatic heterocycles. The van der Waals surface area contributed by atoms with E-state index in [4.69, 9.17) is 10.5 Å². The number of aryl methyl sites for hydroxylation is 1. The zero-order valence-corrected chi connectivity index (χ0v) is 36.5. The average Bonchev–Trinajstić information content (AvgIpc) is 3.20. The maximum atomic E-state index is 11.9. The Labute approximate surface area is 327 Å². The molecule has 0 bridgehead atoms. The van der Waals surface area contributed by atoms with Gasteiger partial charge in [-0.05, 0) is 61.3 Å². The molecule has 7 heteroatoms. The number of esters is 1. The topological polar surface area (TPSA) is 111 Å². The molecule has 3 rings (SSSR count). The van der Waals surface area contributed by atoms with Crippen molar-refractivity contribution in [2.75, 3.05) is 5.32 Å². The third-order valence-electron chi connectivity index (χ3n) is 6.82. The molecular weight excluding hydrogens is 659 g/mol. The summed E-state index contributed by atoms with van der Waals surface area (Å²) in [5.74, 6) is 1.23. The molecule has 3 aromatic rings. The van der Waals surface area contributed by atoms with E-state index in [-0.39, 0.29) is 17.9 Å². The van der Waals surface area contributed by atoms with Crippen molar-refractivity contribution in [3.8, 4) is 0 Å². The van der Waals surface area contributed by atoms with Gasteiger partial charge in [0.25, 0.3) is 0 Å². The summed E-state index contributed by atoms with van der Waals surface area (Å²) >= 11 is 0. The maximum Gasteiger partial charge on any atom is 0.302 e. The third kappa shape index (κ3) is 42.3. The largest absolute Gasteiger partial charge is 0.461 e. The van der Waals surface area contributed by atoms with E-state index in [9.17, 15) is 14.4 Å². The molecule has 0 fully saturated rings. The minimum Gasteiger partial charge on any atom is -0.461 e. The van der Waals surface area contributed by atoms with Crippen LogP contribution in [-0.2, 0) is 32.1 Å². The van der Waals surface area contributed by atoms with Crippen LogP contribution in [0.3, 0.4) is 0 Å². The lowest BCUT2D eigenvalue weighted by atomic mass is 10.0. The van der Waals surface area contributed by atoms with Crippen LogP contribution in [0.2, 0.25) is 0 Å².